The van der Waals surface area contributed by atoms with E-state index in [-0.39, 0.29) is 6.04 Å². The van der Waals surface area contributed by atoms with Crippen molar-refractivity contribution in [3.63, 3.8) is 0 Å². The summed E-state index contributed by atoms with van der Waals surface area (Å²) in [6.45, 7) is 10.7. The molecular weight excluding hydrogens is 198 g/mol. The van der Waals surface area contributed by atoms with Crippen molar-refractivity contribution in [2.75, 3.05) is 0 Å². The zero-order chi connectivity index (χ0) is 12.3. The Morgan fingerprint density at radius 2 is 1.94 bits per heavy atom. The van der Waals surface area contributed by atoms with Crippen LogP contribution in [0.15, 0.2) is 0 Å². The zero-order valence-corrected chi connectivity index (χ0v) is 11.2. The Morgan fingerprint density at radius 1 is 1.31 bits per heavy atom. The Balaban J connectivity index is 2.96. The highest BCUT2D eigenvalue weighted by atomic mass is 15.3. The topological polar surface area (TPSA) is 43.8 Å². The van der Waals surface area contributed by atoms with Crippen LogP contribution in [0.4, 0.5) is 0 Å². The van der Waals surface area contributed by atoms with E-state index >= 15 is 0 Å². The predicted octanol–water partition coefficient (Wildman–Crippen LogP) is 2.75. The normalized spacial score (nSPS) is 15.1. The summed E-state index contributed by atoms with van der Waals surface area (Å²) in [5.74, 6) is 0. The Morgan fingerprint density at radius 3 is 2.44 bits per heavy atom. The van der Waals surface area contributed by atoms with Crippen molar-refractivity contribution >= 4 is 0 Å². The van der Waals surface area contributed by atoms with E-state index in [1.54, 1.807) is 0 Å². The van der Waals surface area contributed by atoms with Crippen molar-refractivity contribution in [1.82, 2.24) is 9.78 Å². The number of nitrogens with two attached hydrogens (primary N) is 1. The van der Waals surface area contributed by atoms with Crippen molar-refractivity contribution in [3.05, 3.63) is 17.0 Å². The van der Waals surface area contributed by atoms with Gasteiger partial charge in [-0.25, -0.2) is 0 Å². The van der Waals surface area contributed by atoms with Crippen LogP contribution in [-0.2, 0) is 6.42 Å². The maximum absolute atomic E-state index is 5.87. The van der Waals surface area contributed by atoms with E-state index < -0.39 is 0 Å². The molecule has 0 radical (unpaired) electrons. The fourth-order valence-electron chi connectivity index (χ4n) is 2.28. The van der Waals surface area contributed by atoms with Crippen LogP contribution < -0.4 is 5.73 Å². The van der Waals surface area contributed by atoms with Crippen molar-refractivity contribution in [2.45, 2.75) is 66.0 Å². The maximum Gasteiger partial charge on any atom is 0.0629 e. The van der Waals surface area contributed by atoms with Crippen molar-refractivity contribution in [2.24, 2.45) is 5.73 Å². The minimum atomic E-state index is 0.205. The Labute approximate surface area is 99.0 Å². The Kier molecular flexibility index (Phi) is 4.54. The van der Waals surface area contributed by atoms with Gasteiger partial charge in [-0.15, -0.1) is 0 Å². The quantitative estimate of drug-likeness (QED) is 0.834. The van der Waals surface area contributed by atoms with Crippen molar-refractivity contribution < 1.29 is 0 Å². The van der Waals surface area contributed by atoms with Crippen LogP contribution in [0.1, 0.15) is 56.6 Å². The summed E-state index contributed by atoms with van der Waals surface area (Å²) in [5, 5.41) is 4.64. The first-order valence-corrected chi connectivity index (χ1v) is 6.27. The average Bonchev–Trinajstić information content (AvgIpc) is 2.45. The molecule has 0 aromatic carbocycles. The molecule has 92 valence electrons. The molecule has 0 spiro atoms. The molecule has 0 fully saturated rings. The van der Waals surface area contributed by atoms with Crippen LogP contribution in [-0.4, -0.2) is 15.8 Å². The standard InChI is InChI=1S/C13H25N3/c1-6-7-10(3)16-12(5)13(8-9(2)14)11(4)15-16/h9-10H,6-8,14H2,1-5H3. The molecule has 1 aromatic rings. The molecule has 0 amide bonds. The molecule has 0 saturated heterocycles. The van der Waals surface area contributed by atoms with Crippen molar-refractivity contribution in [1.29, 1.82) is 0 Å². The van der Waals surface area contributed by atoms with Gasteiger partial charge in [0.2, 0.25) is 0 Å². The molecule has 2 N–H and O–H groups in total. The zero-order valence-electron chi connectivity index (χ0n) is 11.2. The fraction of sp³-hybridized carbons (Fsp3) is 0.769. The van der Waals surface area contributed by atoms with Gasteiger partial charge in [0.15, 0.2) is 0 Å². The van der Waals surface area contributed by atoms with Crippen LogP contribution >= 0.6 is 0 Å². The second kappa shape index (κ2) is 5.48. The summed E-state index contributed by atoms with van der Waals surface area (Å²) in [5.41, 5.74) is 9.63. The van der Waals surface area contributed by atoms with E-state index in [1.165, 1.54) is 24.1 Å². The summed E-state index contributed by atoms with van der Waals surface area (Å²) >= 11 is 0. The molecular formula is C13H25N3. The van der Waals surface area contributed by atoms with Crippen LogP contribution in [0.25, 0.3) is 0 Å². The third kappa shape index (κ3) is 2.85. The second-order valence-corrected chi connectivity index (χ2v) is 4.91. The van der Waals surface area contributed by atoms with Gasteiger partial charge in [0.1, 0.15) is 0 Å². The minimum Gasteiger partial charge on any atom is -0.328 e. The monoisotopic (exact) mass is 223 g/mol. The van der Waals surface area contributed by atoms with Gasteiger partial charge < -0.3 is 5.73 Å². The summed E-state index contributed by atoms with van der Waals surface area (Å²) < 4.78 is 2.16. The summed E-state index contributed by atoms with van der Waals surface area (Å²) in [4.78, 5) is 0. The highest BCUT2D eigenvalue weighted by Gasteiger charge is 2.15. The van der Waals surface area contributed by atoms with Gasteiger partial charge >= 0.3 is 0 Å². The highest BCUT2D eigenvalue weighted by Crippen LogP contribution is 2.21. The van der Waals surface area contributed by atoms with Gasteiger partial charge in [0.25, 0.3) is 0 Å². The second-order valence-electron chi connectivity index (χ2n) is 4.91. The number of hydrogen-bond donors (Lipinski definition) is 1. The molecule has 1 heterocycles. The molecule has 0 saturated carbocycles. The molecule has 0 aliphatic heterocycles. The van der Waals surface area contributed by atoms with Gasteiger partial charge in [-0.2, -0.15) is 5.10 Å². The number of rotatable bonds is 5. The molecule has 2 atom stereocenters. The van der Waals surface area contributed by atoms with Gasteiger partial charge in [-0.3, -0.25) is 4.68 Å². The lowest BCUT2D eigenvalue weighted by Crippen LogP contribution is -2.18. The maximum atomic E-state index is 5.87. The molecule has 1 aromatic heterocycles. The number of aromatic nitrogens is 2. The third-order valence-electron chi connectivity index (χ3n) is 3.12. The summed E-state index contributed by atoms with van der Waals surface area (Å²) in [6.07, 6.45) is 3.30. The molecule has 3 heteroatoms. The third-order valence-corrected chi connectivity index (χ3v) is 3.12. The number of aryl methyl sites for hydroxylation is 1. The Hall–Kier alpha value is -0.830. The minimum absolute atomic E-state index is 0.205. The first kappa shape index (κ1) is 13.2. The van der Waals surface area contributed by atoms with Crippen molar-refractivity contribution in [3.8, 4) is 0 Å². The molecule has 1 rings (SSSR count). The SMILES string of the molecule is CCCC(C)n1nc(C)c(CC(C)N)c1C. The average molecular weight is 223 g/mol. The lowest BCUT2D eigenvalue weighted by molar-refractivity contribution is 0.443. The molecule has 2 unspecified atom stereocenters. The lowest BCUT2D eigenvalue weighted by atomic mass is 10.1. The van der Waals surface area contributed by atoms with Crippen LogP contribution in [0.3, 0.4) is 0 Å². The number of hydrogen-bond acceptors (Lipinski definition) is 2. The smallest absolute Gasteiger partial charge is 0.0629 e. The van der Waals surface area contributed by atoms with E-state index in [2.05, 4.69) is 37.5 Å². The lowest BCUT2D eigenvalue weighted by Gasteiger charge is -2.13. The largest absolute Gasteiger partial charge is 0.328 e. The van der Waals surface area contributed by atoms with Crippen LogP contribution in [0.2, 0.25) is 0 Å². The molecule has 0 aliphatic rings. The van der Waals surface area contributed by atoms with Gasteiger partial charge in [-0.05, 0) is 46.1 Å². The van der Waals surface area contributed by atoms with Crippen LogP contribution in [0, 0.1) is 13.8 Å². The number of nitrogens with zero attached hydrogens (tertiary/aromatic N) is 2. The van der Waals surface area contributed by atoms with E-state index in [4.69, 9.17) is 5.73 Å². The Bertz CT molecular complexity index is 339. The van der Waals surface area contributed by atoms with Crippen LogP contribution in [0.5, 0.6) is 0 Å². The molecule has 3 nitrogen and oxygen atoms in total. The van der Waals surface area contributed by atoms with E-state index in [0.717, 1.165) is 12.1 Å². The fourth-order valence-corrected chi connectivity index (χ4v) is 2.28. The van der Waals surface area contributed by atoms with Gasteiger partial charge in [0.05, 0.1) is 5.69 Å². The molecule has 0 bridgehead atoms. The van der Waals surface area contributed by atoms with E-state index in [0.29, 0.717) is 6.04 Å². The first-order chi connectivity index (χ1) is 7.47. The van der Waals surface area contributed by atoms with E-state index in [1.807, 2.05) is 6.92 Å². The predicted molar refractivity (Wildman–Crippen MR) is 68.7 cm³/mol. The highest BCUT2D eigenvalue weighted by molar-refractivity contribution is 5.25. The summed E-state index contributed by atoms with van der Waals surface area (Å²) in [7, 11) is 0. The first-order valence-electron chi connectivity index (χ1n) is 6.27. The van der Waals surface area contributed by atoms with Gasteiger partial charge in [-0.1, -0.05) is 13.3 Å². The summed E-state index contributed by atoms with van der Waals surface area (Å²) in [6, 6.07) is 0.696. The molecule has 0 aliphatic carbocycles. The van der Waals surface area contributed by atoms with Gasteiger partial charge in [0, 0.05) is 17.8 Å². The van der Waals surface area contributed by atoms with E-state index in [9.17, 15) is 0 Å². The molecule has 16 heavy (non-hydrogen) atoms.